The van der Waals surface area contributed by atoms with Crippen molar-refractivity contribution in [3.8, 4) is 17.2 Å². The molecule has 408 valence electrons. The Morgan fingerprint density at radius 2 is 0.972 bits per heavy atom. The first-order valence-corrected chi connectivity index (χ1v) is 27.9. The van der Waals surface area contributed by atoms with Gasteiger partial charge in [-0.2, -0.15) is 8.42 Å². The summed E-state index contributed by atoms with van der Waals surface area (Å²) in [5.74, 6) is 2.03. The lowest BCUT2D eigenvalue weighted by Crippen LogP contribution is -2.18. The third-order valence-electron chi connectivity index (χ3n) is 14.7. The highest BCUT2D eigenvalue weighted by Gasteiger charge is 2.22. The van der Waals surface area contributed by atoms with Crippen molar-refractivity contribution in [2.24, 2.45) is 16.2 Å². The molecule has 0 aliphatic rings. The Labute approximate surface area is 439 Å². The van der Waals surface area contributed by atoms with Crippen molar-refractivity contribution in [1.82, 2.24) is 0 Å². The zero-order valence-electron chi connectivity index (χ0n) is 46.2. The van der Waals surface area contributed by atoms with Crippen molar-refractivity contribution in [3.05, 3.63) is 119 Å². The largest absolute Gasteiger partial charge is 0.508 e. The Morgan fingerprint density at radius 3 is 1.42 bits per heavy atom. The minimum absolute atomic E-state index is 0. The molecule has 0 spiro atoms. The van der Waals surface area contributed by atoms with E-state index < -0.39 is 15.5 Å². The number of phenolic OH excluding ortho intramolecular Hbond substituents is 1. The molecule has 0 atom stereocenters. The molecule has 0 saturated heterocycles. The summed E-state index contributed by atoms with van der Waals surface area (Å²) in [4.78, 5) is 11.4. The van der Waals surface area contributed by atoms with Crippen LogP contribution in [0.4, 0.5) is 0 Å². The second-order valence-electron chi connectivity index (χ2n) is 20.6. The van der Waals surface area contributed by atoms with E-state index in [4.69, 9.17) is 29.0 Å². The first-order chi connectivity index (χ1) is 33.7. The van der Waals surface area contributed by atoms with Crippen LogP contribution in [-0.4, -0.2) is 63.1 Å². The highest BCUT2D eigenvalue weighted by Crippen LogP contribution is 2.33. The monoisotopic (exact) mass is 1020 g/mol. The lowest BCUT2D eigenvalue weighted by Gasteiger charge is -2.26. The van der Waals surface area contributed by atoms with Crippen LogP contribution in [0.5, 0.6) is 17.2 Å². The fourth-order valence-corrected chi connectivity index (χ4v) is 8.54. The maximum atomic E-state index is 12.0. The number of hydrogen-bond donors (Lipinski definition) is 3. The van der Waals surface area contributed by atoms with E-state index >= 15 is 0 Å². The molecule has 0 bridgehead atoms. The molecule has 0 aliphatic heterocycles. The number of aliphatic hydroxyl groups excluding tert-OH is 2. The maximum Gasteiger partial charge on any atom is 0.296 e. The van der Waals surface area contributed by atoms with Crippen molar-refractivity contribution < 1.29 is 42.2 Å². The predicted octanol–water partition coefficient (Wildman–Crippen LogP) is 15.6. The molecule has 9 nitrogen and oxygen atoms in total. The number of rotatable bonds is 29. The number of aliphatic hydroxyl groups is 2. The normalized spacial score (nSPS) is 11.6. The molecule has 4 aromatic carbocycles. The molecule has 0 saturated carbocycles. The van der Waals surface area contributed by atoms with Gasteiger partial charge < -0.3 is 29.6 Å². The summed E-state index contributed by atoms with van der Waals surface area (Å²) >= 11 is 0. The summed E-state index contributed by atoms with van der Waals surface area (Å²) in [7, 11) is -3.60. The van der Waals surface area contributed by atoms with Crippen LogP contribution >= 0.6 is 0 Å². The summed E-state index contributed by atoms with van der Waals surface area (Å²) in [5, 5.41) is 26.4. The third-order valence-corrected chi connectivity index (χ3v) is 16.0. The minimum Gasteiger partial charge on any atom is -0.508 e. The van der Waals surface area contributed by atoms with Gasteiger partial charge in [0.05, 0.1) is 24.7 Å². The SMILES string of the molecule is C.CCC(C)(CC)CCCCOS(=O)(=O)c1ccc(C)cc1.CCC(C)(CC)CCCOc1cccc(C(C)(C)C=O)c1.CCC(C)(CC)CCCOc1cccc(CCO)c1.OCCc1cccc(O)c1. The molecule has 0 radical (unpaired) electrons. The lowest BCUT2D eigenvalue weighted by molar-refractivity contribution is -0.111. The van der Waals surface area contributed by atoms with Crippen LogP contribution in [0.2, 0.25) is 0 Å². The van der Waals surface area contributed by atoms with Crippen molar-refractivity contribution in [2.45, 2.75) is 197 Å². The van der Waals surface area contributed by atoms with Crippen molar-refractivity contribution in [3.63, 3.8) is 0 Å². The second-order valence-corrected chi connectivity index (χ2v) is 22.3. The fourth-order valence-electron chi connectivity index (χ4n) is 7.60. The van der Waals surface area contributed by atoms with Gasteiger partial charge in [-0.3, -0.25) is 4.18 Å². The van der Waals surface area contributed by atoms with Crippen molar-refractivity contribution in [2.75, 3.05) is 33.0 Å². The average Bonchev–Trinajstić information content (AvgIpc) is 3.37. The Balaban J connectivity index is 0.000000954. The van der Waals surface area contributed by atoms with Gasteiger partial charge in [-0.15, -0.1) is 0 Å². The second kappa shape index (κ2) is 35.8. The predicted molar refractivity (Wildman–Crippen MR) is 302 cm³/mol. The van der Waals surface area contributed by atoms with E-state index in [0.29, 0.717) is 29.1 Å². The van der Waals surface area contributed by atoms with Crippen LogP contribution in [0, 0.1) is 23.2 Å². The Bertz CT molecular complexity index is 2120. The number of aryl methyl sites for hydroxylation is 1. The van der Waals surface area contributed by atoms with Gasteiger partial charge >= 0.3 is 0 Å². The van der Waals surface area contributed by atoms with Gasteiger partial charge in [0.2, 0.25) is 0 Å². The van der Waals surface area contributed by atoms with Gasteiger partial charge in [0.1, 0.15) is 23.5 Å². The average molecular weight is 1020 g/mol. The molecule has 0 aliphatic carbocycles. The summed E-state index contributed by atoms with van der Waals surface area (Å²) < 4.78 is 40.7. The highest BCUT2D eigenvalue weighted by atomic mass is 32.2. The Kier molecular flexibility index (Phi) is 33.7. The van der Waals surface area contributed by atoms with Gasteiger partial charge in [-0.1, -0.05) is 169 Å². The van der Waals surface area contributed by atoms with Gasteiger partial charge in [0.15, 0.2) is 0 Å². The number of hydrogen-bond acceptors (Lipinski definition) is 9. The number of carbonyl (C=O) groups excluding carboxylic acids is 1. The van der Waals surface area contributed by atoms with E-state index in [-0.39, 0.29) is 37.9 Å². The number of aromatic hydroxyl groups is 1. The summed E-state index contributed by atoms with van der Waals surface area (Å²) in [6.45, 7) is 28.3. The molecule has 4 aromatic rings. The zero-order valence-corrected chi connectivity index (χ0v) is 47.0. The summed E-state index contributed by atoms with van der Waals surface area (Å²) in [6.07, 6.45) is 17.0. The van der Waals surface area contributed by atoms with E-state index in [9.17, 15) is 13.2 Å². The first-order valence-electron chi connectivity index (χ1n) is 26.5. The molecule has 3 N–H and O–H groups in total. The standard InChI is InChI=1S/C19H30O2.C17H28O3S.C17H28O2.C8H10O2.CH4/c1-6-19(5,7-2)12-9-13-21-17-11-8-10-16(14-17)18(3,4)15-20;1-5-17(4,6-2)13-7-8-14-20-21(18,19)16-11-9-15(3)10-12-16;1-4-17(3,5-2)11-7-13-19-16-9-6-8-15(14-16)10-12-18;9-5-4-7-2-1-3-8(10)6-7;/h8,10-11,14-15H,6-7,9,12-13H2,1-5H3;9-12H,5-8,13-14H2,1-4H3;6,8-9,14,18H,4-5,7,10-13H2,1-3H3;1-3,6,9-10H,4-5H2;1H4. The van der Waals surface area contributed by atoms with Gasteiger partial charge in [-0.05, 0) is 154 Å². The molecular formula is C62H100O9S. The molecule has 72 heavy (non-hydrogen) atoms. The van der Waals surface area contributed by atoms with Crippen LogP contribution in [0.15, 0.2) is 102 Å². The smallest absolute Gasteiger partial charge is 0.296 e. The zero-order chi connectivity index (χ0) is 53.4. The Hall–Kier alpha value is -4.22. The summed E-state index contributed by atoms with van der Waals surface area (Å²) in [5.41, 5.74) is 4.94. The van der Waals surface area contributed by atoms with Crippen LogP contribution in [-0.2, 0) is 37.4 Å². The topological polar surface area (TPSA) is 140 Å². The van der Waals surface area contributed by atoms with E-state index in [1.807, 2.05) is 75.4 Å². The third kappa shape index (κ3) is 27.2. The first kappa shape index (κ1) is 67.8. The molecule has 10 heteroatoms. The number of ether oxygens (including phenoxy) is 2. The van der Waals surface area contributed by atoms with Gasteiger partial charge in [0.25, 0.3) is 10.1 Å². The molecule has 0 unspecified atom stereocenters. The van der Waals surface area contributed by atoms with Crippen LogP contribution in [0.1, 0.15) is 189 Å². The van der Waals surface area contributed by atoms with E-state index in [0.717, 1.165) is 98.2 Å². The number of unbranched alkanes of at least 4 members (excludes halogenated alkanes) is 1. The van der Waals surface area contributed by atoms with Crippen molar-refractivity contribution >= 4 is 16.4 Å². The molecule has 0 aromatic heterocycles. The van der Waals surface area contributed by atoms with Crippen LogP contribution in [0.3, 0.4) is 0 Å². The fraction of sp³-hybridized carbons (Fsp3) is 0.597. The van der Waals surface area contributed by atoms with Gasteiger partial charge in [-0.25, -0.2) is 0 Å². The quantitative estimate of drug-likeness (QED) is 0.0275. The lowest BCUT2D eigenvalue weighted by atomic mass is 9.80. The molecular weight excluding hydrogens is 921 g/mol. The van der Waals surface area contributed by atoms with E-state index in [1.54, 1.807) is 42.5 Å². The Morgan fingerprint density at radius 1 is 0.542 bits per heavy atom. The highest BCUT2D eigenvalue weighted by molar-refractivity contribution is 7.86. The molecule has 4 rings (SSSR count). The number of benzene rings is 4. The molecule has 0 amide bonds. The summed E-state index contributed by atoms with van der Waals surface area (Å²) in [6, 6.07) is 29.5. The molecule has 0 heterocycles. The maximum absolute atomic E-state index is 12.0. The van der Waals surface area contributed by atoms with Gasteiger partial charge in [0, 0.05) is 18.6 Å². The number of aldehydes is 1. The van der Waals surface area contributed by atoms with E-state index in [2.05, 4.69) is 62.3 Å². The minimum atomic E-state index is -3.60. The van der Waals surface area contributed by atoms with Crippen molar-refractivity contribution in [1.29, 1.82) is 0 Å². The van der Waals surface area contributed by atoms with Crippen LogP contribution < -0.4 is 9.47 Å². The number of carbonyl (C=O) groups is 1. The molecule has 0 fully saturated rings. The van der Waals surface area contributed by atoms with E-state index in [1.165, 1.54) is 38.5 Å². The van der Waals surface area contributed by atoms with Crippen LogP contribution in [0.25, 0.3) is 0 Å². The number of phenols is 1.